The molecule has 1 atom stereocenters. The zero-order valence-corrected chi connectivity index (χ0v) is 10.9. The molecule has 0 radical (unpaired) electrons. The van der Waals surface area contributed by atoms with Gasteiger partial charge in [0.05, 0.1) is 17.2 Å². The SMILES string of the molecule is N#Cc1ccc(C(=O)OC2CON=C2CBr)cc1. The van der Waals surface area contributed by atoms with E-state index in [0.29, 0.717) is 22.2 Å². The lowest BCUT2D eigenvalue weighted by Gasteiger charge is -2.10. The summed E-state index contributed by atoms with van der Waals surface area (Å²) in [6.45, 7) is 0.239. The van der Waals surface area contributed by atoms with Crippen molar-refractivity contribution in [3.63, 3.8) is 0 Å². The minimum atomic E-state index is -0.455. The highest BCUT2D eigenvalue weighted by Gasteiger charge is 2.26. The van der Waals surface area contributed by atoms with Gasteiger partial charge in [0.1, 0.15) is 5.71 Å². The first kappa shape index (κ1) is 12.6. The highest BCUT2D eigenvalue weighted by atomic mass is 79.9. The maximum Gasteiger partial charge on any atom is 0.338 e. The van der Waals surface area contributed by atoms with Crippen molar-refractivity contribution >= 4 is 27.6 Å². The normalized spacial score (nSPS) is 17.6. The zero-order valence-electron chi connectivity index (χ0n) is 9.30. The molecule has 18 heavy (non-hydrogen) atoms. The number of ether oxygens (including phenoxy) is 1. The second-order valence-corrected chi connectivity index (χ2v) is 4.16. The number of alkyl halides is 1. The number of nitriles is 1. The number of oxime groups is 1. The number of hydrogen-bond donors (Lipinski definition) is 0. The first-order valence-corrected chi connectivity index (χ1v) is 6.32. The topological polar surface area (TPSA) is 71.7 Å². The third-order valence-electron chi connectivity index (χ3n) is 2.42. The number of carbonyl (C=O) groups excluding carboxylic acids is 1. The van der Waals surface area contributed by atoms with Crippen molar-refractivity contribution in [2.45, 2.75) is 6.10 Å². The van der Waals surface area contributed by atoms with Crippen molar-refractivity contribution in [2.75, 3.05) is 11.9 Å². The van der Waals surface area contributed by atoms with E-state index in [1.165, 1.54) is 0 Å². The third kappa shape index (κ3) is 2.68. The van der Waals surface area contributed by atoms with Crippen LogP contribution in [0.25, 0.3) is 0 Å². The monoisotopic (exact) mass is 308 g/mol. The van der Waals surface area contributed by atoms with Crippen LogP contribution in [-0.4, -0.2) is 29.7 Å². The summed E-state index contributed by atoms with van der Waals surface area (Å²) in [5, 5.41) is 12.9. The molecule has 1 unspecified atom stereocenters. The van der Waals surface area contributed by atoms with E-state index in [2.05, 4.69) is 21.1 Å². The van der Waals surface area contributed by atoms with Gasteiger partial charge >= 0.3 is 5.97 Å². The molecule has 0 saturated carbocycles. The highest BCUT2D eigenvalue weighted by molar-refractivity contribution is 9.09. The Morgan fingerprint density at radius 2 is 2.28 bits per heavy atom. The Balaban J connectivity index is 2.04. The number of benzene rings is 1. The van der Waals surface area contributed by atoms with E-state index in [1.807, 2.05) is 6.07 Å². The van der Waals surface area contributed by atoms with E-state index >= 15 is 0 Å². The van der Waals surface area contributed by atoms with Crippen molar-refractivity contribution in [1.82, 2.24) is 0 Å². The summed E-state index contributed by atoms with van der Waals surface area (Å²) in [4.78, 5) is 16.7. The van der Waals surface area contributed by atoms with Crippen LogP contribution in [0.5, 0.6) is 0 Å². The molecule has 2 rings (SSSR count). The maximum absolute atomic E-state index is 11.8. The molecular weight excluding hydrogens is 300 g/mol. The van der Waals surface area contributed by atoms with Crippen molar-refractivity contribution in [2.24, 2.45) is 5.16 Å². The molecule has 1 aromatic rings. The Morgan fingerprint density at radius 3 is 2.89 bits per heavy atom. The van der Waals surface area contributed by atoms with Gasteiger partial charge in [0, 0.05) is 5.33 Å². The molecule has 5 nitrogen and oxygen atoms in total. The second-order valence-electron chi connectivity index (χ2n) is 3.60. The molecule has 0 fully saturated rings. The lowest BCUT2D eigenvalue weighted by atomic mass is 10.1. The average Bonchev–Trinajstić information content (AvgIpc) is 2.86. The van der Waals surface area contributed by atoms with E-state index in [-0.39, 0.29) is 6.61 Å². The van der Waals surface area contributed by atoms with E-state index in [9.17, 15) is 4.79 Å². The smallest absolute Gasteiger partial charge is 0.338 e. The molecule has 0 amide bonds. The van der Waals surface area contributed by atoms with Crippen LogP contribution < -0.4 is 0 Å². The van der Waals surface area contributed by atoms with Crippen LogP contribution in [0, 0.1) is 11.3 Å². The molecule has 92 valence electrons. The molecule has 0 aliphatic carbocycles. The minimum absolute atomic E-state index is 0.239. The Labute approximate surface area is 112 Å². The molecule has 0 saturated heterocycles. The largest absolute Gasteiger partial charge is 0.449 e. The number of nitrogens with zero attached hydrogens (tertiary/aromatic N) is 2. The summed E-state index contributed by atoms with van der Waals surface area (Å²) >= 11 is 3.24. The Hall–Kier alpha value is -1.87. The van der Waals surface area contributed by atoms with Gasteiger partial charge in [-0.05, 0) is 24.3 Å². The molecule has 0 bridgehead atoms. The van der Waals surface area contributed by atoms with Crippen molar-refractivity contribution in [3.8, 4) is 6.07 Å². The molecule has 1 heterocycles. The van der Waals surface area contributed by atoms with Crippen molar-refractivity contribution < 1.29 is 14.4 Å². The van der Waals surface area contributed by atoms with Gasteiger partial charge in [-0.2, -0.15) is 5.26 Å². The first-order chi connectivity index (χ1) is 8.74. The number of halogens is 1. The van der Waals surface area contributed by atoms with Crippen LogP contribution in [0.1, 0.15) is 15.9 Å². The summed E-state index contributed by atoms with van der Waals surface area (Å²) in [6.07, 6.45) is -0.451. The zero-order chi connectivity index (χ0) is 13.0. The predicted molar refractivity (Wildman–Crippen MR) is 67.5 cm³/mol. The number of hydrogen-bond acceptors (Lipinski definition) is 5. The van der Waals surface area contributed by atoms with Crippen LogP contribution in [-0.2, 0) is 9.57 Å². The quantitative estimate of drug-likeness (QED) is 0.631. The second kappa shape index (κ2) is 5.65. The average molecular weight is 309 g/mol. The van der Waals surface area contributed by atoms with Crippen molar-refractivity contribution in [3.05, 3.63) is 35.4 Å². The molecule has 0 spiro atoms. The summed E-state index contributed by atoms with van der Waals surface area (Å²) in [5.41, 5.74) is 1.55. The fraction of sp³-hybridized carbons (Fsp3) is 0.250. The summed E-state index contributed by atoms with van der Waals surface area (Å²) in [7, 11) is 0. The maximum atomic E-state index is 11.8. The predicted octanol–water partition coefficient (Wildman–Crippen LogP) is 1.86. The van der Waals surface area contributed by atoms with E-state index in [1.54, 1.807) is 24.3 Å². The summed E-state index contributed by atoms with van der Waals surface area (Å²) in [6, 6.07) is 8.24. The molecule has 6 heteroatoms. The molecular formula is C12H9BrN2O3. The number of esters is 1. The van der Waals surface area contributed by atoms with Gasteiger partial charge in [-0.3, -0.25) is 0 Å². The fourth-order valence-electron chi connectivity index (χ4n) is 1.43. The van der Waals surface area contributed by atoms with E-state index < -0.39 is 12.1 Å². The lowest BCUT2D eigenvalue weighted by Crippen LogP contribution is -2.27. The van der Waals surface area contributed by atoms with Gasteiger partial charge in [-0.15, -0.1) is 0 Å². The van der Waals surface area contributed by atoms with Crippen LogP contribution in [0.15, 0.2) is 29.4 Å². The lowest BCUT2D eigenvalue weighted by molar-refractivity contribution is 0.0292. The van der Waals surface area contributed by atoms with Gasteiger partial charge in [-0.1, -0.05) is 21.1 Å². The van der Waals surface area contributed by atoms with Gasteiger partial charge < -0.3 is 9.57 Å². The standard InChI is InChI=1S/C12H9BrN2O3/c13-5-10-11(7-17-15-10)18-12(16)9-3-1-8(6-14)2-4-9/h1-4,11H,5,7H2. The molecule has 1 aromatic carbocycles. The Kier molecular flexibility index (Phi) is 3.95. The molecule has 0 N–H and O–H groups in total. The van der Waals surface area contributed by atoms with Gasteiger partial charge in [-0.25, -0.2) is 4.79 Å². The Morgan fingerprint density at radius 1 is 1.56 bits per heavy atom. The Bertz CT molecular complexity index is 519. The molecule has 1 aliphatic heterocycles. The molecule has 1 aliphatic rings. The molecule has 0 aromatic heterocycles. The van der Waals surface area contributed by atoms with Crippen LogP contribution >= 0.6 is 15.9 Å². The minimum Gasteiger partial charge on any atom is -0.449 e. The van der Waals surface area contributed by atoms with Crippen LogP contribution in [0.4, 0.5) is 0 Å². The number of rotatable bonds is 3. The summed E-state index contributed by atoms with van der Waals surface area (Å²) < 4.78 is 5.27. The third-order valence-corrected chi connectivity index (χ3v) is 2.99. The highest BCUT2D eigenvalue weighted by Crippen LogP contribution is 2.12. The van der Waals surface area contributed by atoms with E-state index in [0.717, 1.165) is 0 Å². The van der Waals surface area contributed by atoms with Crippen molar-refractivity contribution in [1.29, 1.82) is 5.26 Å². The summed E-state index contributed by atoms with van der Waals surface area (Å²) in [5.74, 6) is -0.455. The van der Waals surface area contributed by atoms with Crippen LogP contribution in [0.2, 0.25) is 0 Å². The van der Waals surface area contributed by atoms with Crippen LogP contribution in [0.3, 0.4) is 0 Å². The van der Waals surface area contributed by atoms with Gasteiger partial charge in [0.25, 0.3) is 0 Å². The number of carbonyl (C=O) groups is 1. The van der Waals surface area contributed by atoms with Gasteiger partial charge in [0.15, 0.2) is 12.7 Å². The van der Waals surface area contributed by atoms with Gasteiger partial charge in [0.2, 0.25) is 0 Å². The first-order valence-electron chi connectivity index (χ1n) is 5.20. The fourth-order valence-corrected chi connectivity index (χ4v) is 1.90. The van der Waals surface area contributed by atoms with E-state index in [4.69, 9.17) is 14.8 Å².